The van der Waals surface area contributed by atoms with Crippen LogP contribution in [0.5, 0.6) is 0 Å². The number of ketones is 1. The summed E-state index contributed by atoms with van der Waals surface area (Å²) in [5.74, 6) is -1.29. The van der Waals surface area contributed by atoms with Crippen molar-refractivity contribution < 1.29 is 18.7 Å². The molecular weight excluding hydrogens is 335 g/mol. The lowest BCUT2D eigenvalue weighted by molar-refractivity contribution is -0.143. The highest BCUT2D eigenvalue weighted by molar-refractivity contribution is 7.13. The maximum atomic E-state index is 13.0. The van der Waals surface area contributed by atoms with Gasteiger partial charge in [-0.1, -0.05) is 18.2 Å². The fourth-order valence-corrected chi connectivity index (χ4v) is 2.52. The minimum Gasteiger partial charge on any atom is -0.456 e. The van der Waals surface area contributed by atoms with Gasteiger partial charge in [0.05, 0.1) is 4.88 Å². The normalized spacial score (nSPS) is 10.5. The highest BCUT2D eigenvalue weighted by atomic mass is 32.1. The fraction of sp³-hybridized carbons (Fsp3) is 0.133. The van der Waals surface area contributed by atoms with Crippen molar-refractivity contribution in [3.8, 4) is 10.7 Å². The van der Waals surface area contributed by atoms with Gasteiger partial charge in [-0.2, -0.15) is 4.80 Å². The summed E-state index contributed by atoms with van der Waals surface area (Å²) in [6.45, 7) is -0.746. The third-order valence-corrected chi connectivity index (χ3v) is 3.84. The van der Waals surface area contributed by atoms with Gasteiger partial charge in [0.15, 0.2) is 18.9 Å². The molecule has 0 radical (unpaired) electrons. The Morgan fingerprint density at radius 3 is 2.88 bits per heavy atom. The number of hydrogen-bond donors (Lipinski definition) is 0. The highest BCUT2D eigenvalue weighted by Crippen LogP contribution is 2.19. The Balaban J connectivity index is 1.53. The van der Waals surface area contributed by atoms with Crippen LogP contribution in [-0.4, -0.2) is 38.6 Å². The van der Waals surface area contributed by atoms with E-state index in [1.165, 1.54) is 29.5 Å². The van der Waals surface area contributed by atoms with Crippen LogP contribution in [0.2, 0.25) is 0 Å². The predicted octanol–water partition coefficient (Wildman–Crippen LogP) is 1.97. The van der Waals surface area contributed by atoms with Crippen LogP contribution >= 0.6 is 11.3 Å². The zero-order chi connectivity index (χ0) is 16.9. The van der Waals surface area contributed by atoms with E-state index in [1.807, 2.05) is 17.5 Å². The minimum atomic E-state index is -0.685. The van der Waals surface area contributed by atoms with Gasteiger partial charge in [-0.25, -0.2) is 9.18 Å². The highest BCUT2D eigenvalue weighted by Gasteiger charge is 2.13. The molecule has 0 N–H and O–H groups in total. The summed E-state index contributed by atoms with van der Waals surface area (Å²) < 4.78 is 17.9. The largest absolute Gasteiger partial charge is 0.456 e. The molecule has 3 rings (SSSR count). The van der Waals surface area contributed by atoms with Crippen LogP contribution in [0.15, 0.2) is 41.8 Å². The van der Waals surface area contributed by atoms with E-state index in [9.17, 15) is 14.0 Å². The molecule has 7 nitrogen and oxygen atoms in total. The van der Waals surface area contributed by atoms with Gasteiger partial charge in [-0.05, 0) is 28.8 Å². The monoisotopic (exact) mass is 346 g/mol. The Morgan fingerprint density at radius 1 is 1.25 bits per heavy atom. The third kappa shape index (κ3) is 3.87. The first-order valence-corrected chi connectivity index (χ1v) is 7.76. The number of thiophene rings is 1. The summed E-state index contributed by atoms with van der Waals surface area (Å²) >= 11 is 1.45. The van der Waals surface area contributed by atoms with Gasteiger partial charge in [0.1, 0.15) is 5.82 Å². The maximum absolute atomic E-state index is 13.0. The predicted molar refractivity (Wildman–Crippen MR) is 82.8 cm³/mol. The SMILES string of the molecule is O=C(Cn1nnc(-c2cccs2)n1)OCC(=O)c1cccc(F)c1. The summed E-state index contributed by atoms with van der Waals surface area (Å²) in [6.07, 6.45) is 0. The minimum absolute atomic E-state index is 0.140. The number of ether oxygens (including phenoxy) is 1. The third-order valence-electron chi connectivity index (χ3n) is 2.98. The second-order valence-corrected chi connectivity index (χ2v) is 5.66. The summed E-state index contributed by atoms with van der Waals surface area (Å²) in [6, 6.07) is 8.86. The summed E-state index contributed by atoms with van der Waals surface area (Å²) in [4.78, 5) is 25.5. The number of esters is 1. The molecule has 0 atom stereocenters. The molecule has 122 valence electrons. The van der Waals surface area contributed by atoms with Crippen LogP contribution in [0.4, 0.5) is 4.39 Å². The van der Waals surface area contributed by atoms with E-state index in [2.05, 4.69) is 15.4 Å². The lowest BCUT2D eigenvalue weighted by Gasteiger charge is -2.03. The van der Waals surface area contributed by atoms with Crippen molar-refractivity contribution in [1.82, 2.24) is 20.2 Å². The second-order valence-electron chi connectivity index (χ2n) is 4.71. The first kappa shape index (κ1) is 15.9. The van der Waals surface area contributed by atoms with Gasteiger partial charge in [-0.15, -0.1) is 21.5 Å². The Hall–Kier alpha value is -2.94. The van der Waals surface area contributed by atoms with Crippen molar-refractivity contribution in [1.29, 1.82) is 0 Å². The number of hydrogen-bond acceptors (Lipinski definition) is 7. The number of aromatic nitrogens is 4. The van der Waals surface area contributed by atoms with Gasteiger partial charge in [0, 0.05) is 5.56 Å². The summed E-state index contributed by atoms with van der Waals surface area (Å²) in [5, 5.41) is 13.5. The summed E-state index contributed by atoms with van der Waals surface area (Å²) in [5.41, 5.74) is 0.140. The molecule has 0 saturated carbocycles. The van der Waals surface area contributed by atoms with Gasteiger partial charge in [0.2, 0.25) is 5.82 Å². The molecule has 0 spiro atoms. The molecule has 3 aromatic rings. The Kier molecular flexibility index (Phi) is 4.71. The Bertz CT molecular complexity index is 863. The first-order chi connectivity index (χ1) is 11.6. The molecule has 0 unspecified atom stereocenters. The van der Waals surface area contributed by atoms with Crippen LogP contribution in [0, 0.1) is 5.82 Å². The van der Waals surface area contributed by atoms with Crippen molar-refractivity contribution in [2.45, 2.75) is 6.54 Å². The van der Waals surface area contributed by atoms with Crippen LogP contribution in [-0.2, 0) is 16.1 Å². The van der Waals surface area contributed by atoms with Crippen molar-refractivity contribution in [2.75, 3.05) is 6.61 Å². The van der Waals surface area contributed by atoms with Crippen LogP contribution in [0.25, 0.3) is 10.7 Å². The molecule has 0 aliphatic heterocycles. The number of rotatable bonds is 6. The van der Waals surface area contributed by atoms with E-state index in [4.69, 9.17) is 4.74 Å². The average molecular weight is 346 g/mol. The van der Waals surface area contributed by atoms with Crippen molar-refractivity contribution in [3.63, 3.8) is 0 Å². The molecule has 24 heavy (non-hydrogen) atoms. The van der Waals surface area contributed by atoms with Crippen molar-refractivity contribution in [2.24, 2.45) is 0 Å². The Morgan fingerprint density at radius 2 is 2.12 bits per heavy atom. The van der Waals surface area contributed by atoms with Crippen LogP contribution in [0.3, 0.4) is 0 Å². The first-order valence-electron chi connectivity index (χ1n) is 6.88. The number of nitrogens with zero attached hydrogens (tertiary/aromatic N) is 4. The molecule has 0 aliphatic carbocycles. The quantitative estimate of drug-likeness (QED) is 0.501. The van der Waals surface area contributed by atoms with E-state index in [1.54, 1.807) is 0 Å². The second kappa shape index (κ2) is 7.09. The fourth-order valence-electron chi connectivity index (χ4n) is 1.87. The van der Waals surface area contributed by atoms with E-state index in [-0.39, 0.29) is 12.1 Å². The Labute approximate surface area is 139 Å². The molecule has 0 fully saturated rings. The molecule has 0 bridgehead atoms. The lowest BCUT2D eigenvalue weighted by Crippen LogP contribution is -2.19. The summed E-state index contributed by atoms with van der Waals surface area (Å²) in [7, 11) is 0. The zero-order valence-electron chi connectivity index (χ0n) is 12.3. The van der Waals surface area contributed by atoms with Crippen molar-refractivity contribution >= 4 is 23.1 Å². The van der Waals surface area contributed by atoms with E-state index >= 15 is 0 Å². The molecule has 9 heteroatoms. The average Bonchev–Trinajstić information content (AvgIpc) is 3.23. The number of Topliss-reactive ketones (excluding diaryl/α,β-unsaturated/α-hetero) is 1. The number of carbonyl (C=O) groups is 2. The van der Waals surface area contributed by atoms with Gasteiger partial charge in [0.25, 0.3) is 0 Å². The smallest absolute Gasteiger partial charge is 0.330 e. The topological polar surface area (TPSA) is 87.0 Å². The van der Waals surface area contributed by atoms with Gasteiger partial charge >= 0.3 is 5.97 Å². The number of halogens is 1. The van der Waals surface area contributed by atoms with E-state index in [0.717, 1.165) is 15.7 Å². The van der Waals surface area contributed by atoms with E-state index in [0.29, 0.717) is 5.82 Å². The van der Waals surface area contributed by atoms with Crippen molar-refractivity contribution in [3.05, 3.63) is 53.2 Å². The number of tetrazole rings is 1. The molecule has 1 aromatic carbocycles. The van der Waals surface area contributed by atoms with E-state index < -0.39 is 24.2 Å². The molecule has 0 aliphatic rings. The molecule has 2 aromatic heterocycles. The van der Waals surface area contributed by atoms with Gasteiger partial charge < -0.3 is 4.74 Å². The molecule has 0 amide bonds. The molecular formula is C15H11FN4O3S. The zero-order valence-corrected chi connectivity index (χ0v) is 13.1. The standard InChI is InChI=1S/C15H11FN4O3S/c16-11-4-1-3-10(7-11)12(21)9-23-14(22)8-20-18-15(17-19-20)13-5-2-6-24-13/h1-7H,8-9H2. The van der Waals surface area contributed by atoms with Gasteiger partial charge in [-0.3, -0.25) is 4.79 Å². The molecule has 0 saturated heterocycles. The molecule has 2 heterocycles. The number of carbonyl (C=O) groups excluding carboxylic acids is 2. The lowest BCUT2D eigenvalue weighted by atomic mass is 10.1. The van der Waals surface area contributed by atoms with Crippen LogP contribution < -0.4 is 0 Å². The number of benzene rings is 1. The van der Waals surface area contributed by atoms with Crippen LogP contribution in [0.1, 0.15) is 10.4 Å². The maximum Gasteiger partial charge on any atom is 0.330 e.